The van der Waals surface area contributed by atoms with Gasteiger partial charge < -0.3 is 24.5 Å². The van der Waals surface area contributed by atoms with Crippen LogP contribution in [0.1, 0.15) is 23.0 Å². The molecular weight excluding hydrogens is 482 g/mol. The Morgan fingerprint density at radius 3 is 2.47 bits per heavy atom. The molecule has 38 heavy (non-hydrogen) atoms. The van der Waals surface area contributed by atoms with E-state index in [2.05, 4.69) is 15.6 Å². The van der Waals surface area contributed by atoms with Crippen molar-refractivity contribution in [3.05, 3.63) is 96.4 Å². The zero-order chi connectivity index (χ0) is 26.6. The molecule has 2 heterocycles. The molecule has 8 heteroatoms. The molecule has 0 bridgehead atoms. The van der Waals surface area contributed by atoms with E-state index >= 15 is 0 Å². The Bertz CT molecular complexity index is 1640. The predicted octanol–water partition coefficient (Wildman–Crippen LogP) is 6.81. The molecule has 8 nitrogen and oxygen atoms in total. The molecule has 0 saturated carbocycles. The number of aryl methyl sites for hydroxylation is 1. The lowest BCUT2D eigenvalue weighted by molar-refractivity contribution is -0.114. The van der Waals surface area contributed by atoms with Crippen LogP contribution < -0.4 is 20.1 Å². The van der Waals surface area contributed by atoms with Gasteiger partial charge in [0.15, 0.2) is 5.76 Å². The van der Waals surface area contributed by atoms with Crippen LogP contribution in [0.2, 0.25) is 0 Å². The molecule has 2 N–H and O–H groups in total. The predicted molar refractivity (Wildman–Crippen MR) is 146 cm³/mol. The van der Waals surface area contributed by atoms with Crippen molar-refractivity contribution in [2.75, 3.05) is 17.7 Å². The Labute approximate surface area is 219 Å². The monoisotopic (exact) mass is 507 g/mol. The SMILES string of the molecule is COc1ccc(-c2ccc(C(=O)Nc3ccc(C)c(Oc4ccnc5c(NC(C)=O)cccc45)c3)o2)cc1. The second kappa shape index (κ2) is 10.5. The number of hydrogen-bond donors (Lipinski definition) is 2. The Morgan fingerprint density at radius 1 is 0.895 bits per heavy atom. The second-order valence-corrected chi connectivity index (χ2v) is 8.62. The van der Waals surface area contributed by atoms with Crippen LogP contribution in [-0.2, 0) is 4.79 Å². The van der Waals surface area contributed by atoms with E-state index in [0.717, 1.165) is 22.3 Å². The molecule has 3 aromatic carbocycles. The first-order chi connectivity index (χ1) is 18.4. The van der Waals surface area contributed by atoms with E-state index in [1.165, 1.54) is 6.92 Å². The lowest BCUT2D eigenvalue weighted by Gasteiger charge is -2.14. The quantitative estimate of drug-likeness (QED) is 0.251. The van der Waals surface area contributed by atoms with Crippen LogP contribution >= 0.6 is 0 Å². The smallest absolute Gasteiger partial charge is 0.291 e. The van der Waals surface area contributed by atoms with Crippen LogP contribution in [-0.4, -0.2) is 23.9 Å². The molecular formula is C30H25N3O5. The lowest BCUT2D eigenvalue weighted by Crippen LogP contribution is -2.11. The maximum Gasteiger partial charge on any atom is 0.291 e. The normalized spacial score (nSPS) is 10.7. The van der Waals surface area contributed by atoms with Gasteiger partial charge in [-0.2, -0.15) is 0 Å². The van der Waals surface area contributed by atoms with Gasteiger partial charge >= 0.3 is 0 Å². The second-order valence-electron chi connectivity index (χ2n) is 8.62. The number of ether oxygens (including phenoxy) is 2. The summed E-state index contributed by atoms with van der Waals surface area (Å²) < 4.78 is 17.2. The molecule has 0 atom stereocenters. The van der Waals surface area contributed by atoms with E-state index < -0.39 is 0 Å². The van der Waals surface area contributed by atoms with Crippen molar-refractivity contribution in [1.82, 2.24) is 4.98 Å². The van der Waals surface area contributed by atoms with Gasteiger partial charge in [-0.25, -0.2) is 0 Å². The third-order valence-corrected chi connectivity index (χ3v) is 5.91. The van der Waals surface area contributed by atoms with Gasteiger partial charge in [-0.05, 0) is 73.2 Å². The first kappa shape index (κ1) is 24.6. The first-order valence-electron chi connectivity index (χ1n) is 11.9. The minimum absolute atomic E-state index is 0.183. The fourth-order valence-corrected chi connectivity index (χ4v) is 4.00. The molecule has 0 fully saturated rings. The first-order valence-corrected chi connectivity index (χ1v) is 11.9. The zero-order valence-corrected chi connectivity index (χ0v) is 21.1. The lowest BCUT2D eigenvalue weighted by atomic mass is 10.1. The summed E-state index contributed by atoms with van der Waals surface area (Å²) in [5.74, 6) is 2.08. The molecule has 2 aromatic heterocycles. The van der Waals surface area contributed by atoms with Gasteiger partial charge in [0.25, 0.3) is 5.91 Å². The highest BCUT2D eigenvalue weighted by Crippen LogP contribution is 2.34. The van der Waals surface area contributed by atoms with E-state index in [1.807, 2.05) is 49.4 Å². The number of anilines is 2. The van der Waals surface area contributed by atoms with Gasteiger partial charge in [0.05, 0.1) is 18.3 Å². The number of nitrogens with one attached hydrogen (secondary N) is 2. The topological polar surface area (TPSA) is 103 Å². The molecule has 5 rings (SSSR count). The molecule has 190 valence electrons. The van der Waals surface area contributed by atoms with E-state index in [4.69, 9.17) is 13.9 Å². The summed E-state index contributed by atoms with van der Waals surface area (Å²) in [6.45, 7) is 3.37. The average molecular weight is 508 g/mol. The van der Waals surface area contributed by atoms with Gasteiger partial charge in [-0.15, -0.1) is 0 Å². The van der Waals surface area contributed by atoms with Crippen molar-refractivity contribution in [2.24, 2.45) is 0 Å². The minimum atomic E-state index is -0.381. The summed E-state index contributed by atoms with van der Waals surface area (Å²) in [5, 5.41) is 6.41. The van der Waals surface area contributed by atoms with Crippen LogP contribution in [0.3, 0.4) is 0 Å². The Hall–Kier alpha value is -5.11. The number of carbonyl (C=O) groups is 2. The molecule has 0 aliphatic heterocycles. The molecule has 0 saturated heterocycles. The van der Waals surface area contributed by atoms with Crippen molar-refractivity contribution < 1.29 is 23.5 Å². The fraction of sp³-hybridized carbons (Fsp3) is 0.100. The highest BCUT2D eigenvalue weighted by Gasteiger charge is 2.15. The molecule has 2 amide bonds. The molecule has 0 aliphatic carbocycles. The number of benzene rings is 3. The standard InChI is InChI=1S/C30H25N3O5/c1-18-7-10-21(33-30(35)27-14-13-25(37-27)20-8-11-22(36-3)12-9-20)17-28(18)38-26-15-16-31-29-23(26)5-4-6-24(29)32-19(2)34/h4-17H,1-3H3,(H,32,34)(H,33,35). The number of pyridine rings is 1. The van der Waals surface area contributed by atoms with Gasteiger partial charge in [-0.1, -0.05) is 12.1 Å². The summed E-state index contributed by atoms with van der Waals surface area (Å²) in [5.41, 5.74) is 3.49. The van der Waals surface area contributed by atoms with Gasteiger partial charge in [-0.3, -0.25) is 14.6 Å². The maximum atomic E-state index is 12.9. The van der Waals surface area contributed by atoms with Crippen LogP contribution in [0, 0.1) is 6.92 Å². The van der Waals surface area contributed by atoms with Crippen LogP contribution in [0.25, 0.3) is 22.2 Å². The Balaban J connectivity index is 1.36. The number of para-hydroxylation sites is 1. The van der Waals surface area contributed by atoms with Gasteiger partial charge in [0.1, 0.15) is 23.0 Å². The third-order valence-electron chi connectivity index (χ3n) is 5.91. The fourth-order valence-electron chi connectivity index (χ4n) is 4.00. The third kappa shape index (κ3) is 5.19. The number of furan rings is 1. The molecule has 5 aromatic rings. The van der Waals surface area contributed by atoms with E-state index in [-0.39, 0.29) is 17.6 Å². The van der Waals surface area contributed by atoms with Gasteiger partial charge in [0, 0.05) is 35.8 Å². The summed E-state index contributed by atoms with van der Waals surface area (Å²) in [6.07, 6.45) is 1.63. The van der Waals surface area contributed by atoms with Crippen LogP contribution in [0.5, 0.6) is 17.2 Å². The number of amides is 2. The number of carbonyl (C=O) groups excluding carboxylic acids is 2. The maximum absolute atomic E-state index is 12.9. The van der Waals surface area contributed by atoms with Crippen molar-refractivity contribution in [1.29, 1.82) is 0 Å². The van der Waals surface area contributed by atoms with E-state index in [9.17, 15) is 9.59 Å². The Kier molecular flexibility index (Phi) is 6.78. The molecule has 0 radical (unpaired) electrons. The van der Waals surface area contributed by atoms with Gasteiger partial charge in [0.2, 0.25) is 5.91 Å². The number of fused-ring (bicyclic) bond motifs is 1. The van der Waals surface area contributed by atoms with Crippen molar-refractivity contribution >= 4 is 34.1 Å². The molecule has 0 aliphatic rings. The number of methoxy groups -OCH3 is 1. The van der Waals surface area contributed by atoms with Crippen molar-refractivity contribution in [3.8, 4) is 28.6 Å². The average Bonchev–Trinajstić information content (AvgIpc) is 3.41. The zero-order valence-electron chi connectivity index (χ0n) is 21.1. The minimum Gasteiger partial charge on any atom is -0.497 e. The highest BCUT2D eigenvalue weighted by molar-refractivity contribution is 6.03. The van der Waals surface area contributed by atoms with Crippen molar-refractivity contribution in [3.63, 3.8) is 0 Å². The number of nitrogens with zero attached hydrogens (tertiary/aromatic N) is 1. The highest BCUT2D eigenvalue weighted by atomic mass is 16.5. The molecule has 0 unspecified atom stereocenters. The summed E-state index contributed by atoms with van der Waals surface area (Å²) >= 11 is 0. The number of rotatable bonds is 7. The van der Waals surface area contributed by atoms with E-state index in [1.54, 1.807) is 49.7 Å². The number of hydrogen-bond acceptors (Lipinski definition) is 6. The van der Waals surface area contributed by atoms with Crippen LogP contribution in [0.15, 0.2) is 89.5 Å². The van der Waals surface area contributed by atoms with E-state index in [0.29, 0.717) is 34.2 Å². The summed E-state index contributed by atoms with van der Waals surface area (Å²) in [7, 11) is 1.61. The van der Waals surface area contributed by atoms with Crippen molar-refractivity contribution in [2.45, 2.75) is 13.8 Å². The summed E-state index contributed by atoms with van der Waals surface area (Å²) in [6, 6.07) is 23.5. The largest absolute Gasteiger partial charge is 0.497 e. The summed E-state index contributed by atoms with van der Waals surface area (Å²) in [4.78, 5) is 28.9. The Morgan fingerprint density at radius 2 is 1.71 bits per heavy atom. The van der Waals surface area contributed by atoms with Crippen LogP contribution in [0.4, 0.5) is 11.4 Å². The molecule has 0 spiro atoms. The number of aromatic nitrogens is 1.